The first-order valence-electron chi connectivity index (χ1n) is 6.28. The number of nitrogens with one attached hydrogen (secondary N) is 2. The van der Waals surface area contributed by atoms with Gasteiger partial charge in [0.1, 0.15) is 5.69 Å². The zero-order valence-electron chi connectivity index (χ0n) is 10.9. The molecule has 2 N–H and O–H groups in total. The molecule has 0 aliphatic rings. The van der Waals surface area contributed by atoms with E-state index < -0.39 is 0 Å². The number of hydrogen-bond donors (Lipinski definition) is 2. The summed E-state index contributed by atoms with van der Waals surface area (Å²) in [4.78, 5) is 12.4. The SMILES string of the molecule is O=C(Nc1ccccc1Br)c1n[nH]nc1-c1ccccc1. The number of H-pyrrole nitrogens is 1. The number of anilines is 1. The summed E-state index contributed by atoms with van der Waals surface area (Å²) >= 11 is 3.39. The number of amides is 1. The van der Waals surface area contributed by atoms with Gasteiger partial charge in [-0.1, -0.05) is 42.5 Å². The van der Waals surface area contributed by atoms with Crippen molar-refractivity contribution in [2.75, 3.05) is 5.32 Å². The van der Waals surface area contributed by atoms with Crippen molar-refractivity contribution in [3.8, 4) is 11.3 Å². The second-order valence-electron chi connectivity index (χ2n) is 4.32. The Labute approximate surface area is 129 Å². The van der Waals surface area contributed by atoms with E-state index in [4.69, 9.17) is 0 Å². The number of para-hydroxylation sites is 1. The van der Waals surface area contributed by atoms with Crippen LogP contribution in [0.1, 0.15) is 10.5 Å². The largest absolute Gasteiger partial charge is 0.319 e. The van der Waals surface area contributed by atoms with E-state index in [0.717, 1.165) is 10.0 Å². The molecular weight excluding hydrogens is 332 g/mol. The standard InChI is InChI=1S/C15H11BrN4O/c16-11-8-4-5-9-12(11)17-15(21)14-13(18-20-19-14)10-6-2-1-3-7-10/h1-9H,(H,17,21)(H,18,19,20). The van der Waals surface area contributed by atoms with Gasteiger partial charge in [-0.15, -0.1) is 0 Å². The number of aromatic amines is 1. The summed E-state index contributed by atoms with van der Waals surface area (Å²) in [6, 6.07) is 16.8. The summed E-state index contributed by atoms with van der Waals surface area (Å²) in [5.41, 5.74) is 2.31. The molecule has 0 unspecified atom stereocenters. The molecule has 21 heavy (non-hydrogen) atoms. The Hall–Kier alpha value is -2.47. The van der Waals surface area contributed by atoms with Crippen molar-refractivity contribution in [3.05, 3.63) is 64.8 Å². The van der Waals surface area contributed by atoms with E-state index in [9.17, 15) is 4.79 Å². The molecule has 0 aliphatic carbocycles. The lowest BCUT2D eigenvalue weighted by molar-refractivity contribution is 0.102. The number of carbonyl (C=O) groups excluding carboxylic acids is 1. The summed E-state index contributed by atoms with van der Waals surface area (Å²) in [5.74, 6) is -0.311. The first-order valence-corrected chi connectivity index (χ1v) is 7.07. The van der Waals surface area contributed by atoms with Crippen LogP contribution in [0.3, 0.4) is 0 Å². The van der Waals surface area contributed by atoms with Crippen molar-refractivity contribution >= 4 is 27.5 Å². The van der Waals surface area contributed by atoms with Gasteiger partial charge >= 0.3 is 0 Å². The van der Waals surface area contributed by atoms with Gasteiger partial charge in [0.25, 0.3) is 5.91 Å². The molecule has 0 fully saturated rings. The van der Waals surface area contributed by atoms with Gasteiger partial charge in [0, 0.05) is 10.0 Å². The van der Waals surface area contributed by atoms with Crippen LogP contribution >= 0.6 is 15.9 Å². The molecule has 1 aromatic heterocycles. The highest BCUT2D eigenvalue weighted by Crippen LogP contribution is 2.24. The molecule has 0 saturated carbocycles. The quantitative estimate of drug-likeness (QED) is 0.765. The van der Waals surface area contributed by atoms with Crippen molar-refractivity contribution in [3.63, 3.8) is 0 Å². The molecule has 0 aliphatic heterocycles. The van der Waals surface area contributed by atoms with Crippen LogP contribution in [0.15, 0.2) is 59.1 Å². The Morgan fingerprint density at radius 3 is 2.48 bits per heavy atom. The van der Waals surface area contributed by atoms with Crippen molar-refractivity contribution in [1.82, 2.24) is 15.4 Å². The van der Waals surface area contributed by atoms with Gasteiger partial charge in [0.05, 0.1) is 5.69 Å². The van der Waals surface area contributed by atoms with Gasteiger partial charge in [-0.3, -0.25) is 4.79 Å². The smallest absolute Gasteiger partial charge is 0.278 e. The van der Waals surface area contributed by atoms with Gasteiger partial charge in [0.15, 0.2) is 5.69 Å². The van der Waals surface area contributed by atoms with Crippen LogP contribution < -0.4 is 5.32 Å². The summed E-state index contributed by atoms with van der Waals surface area (Å²) in [6.07, 6.45) is 0. The number of carbonyl (C=O) groups is 1. The lowest BCUT2D eigenvalue weighted by Crippen LogP contribution is -2.14. The van der Waals surface area contributed by atoms with E-state index in [-0.39, 0.29) is 11.6 Å². The Bertz CT molecular complexity index is 770. The van der Waals surface area contributed by atoms with E-state index in [2.05, 4.69) is 36.7 Å². The molecule has 5 nitrogen and oxygen atoms in total. The van der Waals surface area contributed by atoms with Crippen molar-refractivity contribution in [2.24, 2.45) is 0 Å². The molecule has 1 heterocycles. The van der Waals surface area contributed by atoms with Crippen molar-refractivity contribution in [2.45, 2.75) is 0 Å². The fraction of sp³-hybridized carbons (Fsp3) is 0. The lowest BCUT2D eigenvalue weighted by atomic mass is 10.1. The van der Waals surface area contributed by atoms with Gasteiger partial charge < -0.3 is 5.32 Å². The topological polar surface area (TPSA) is 70.7 Å². The predicted molar refractivity (Wildman–Crippen MR) is 83.9 cm³/mol. The summed E-state index contributed by atoms with van der Waals surface area (Å²) in [6.45, 7) is 0. The van der Waals surface area contributed by atoms with Crippen molar-refractivity contribution < 1.29 is 4.79 Å². The Morgan fingerprint density at radius 1 is 1.00 bits per heavy atom. The molecule has 0 radical (unpaired) electrons. The molecule has 6 heteroatoms. The van der Waals surface area contributed by atoms with Crippen LogP contribution in [0, 0.1) is 0 Å². The maximum atomic E-state index is 12.4. The molecule has 0 saturated heterocycles. The normalized spacial score (nSPS) is 10.3. The zero-order chi connectivity index (χ0) is 14.7. The number of nitrogens with zero attached hydrogens (tertiary/aromatic N) is 2. The molecule has 0 spiro atoms. The minimum absolute atomic E-state index is 0.261. The molecule has 0 atom stereocenters. The predicted octanol–water partition coefficient (Wildman–Crippen LogP) is 3.49. The second kappa shape index (κ2) is 5.88. The van der Waals surface area contributed by atoms with E-state index in [1.54, 1.807) is 0 Å². The van der Waals surface area contributed by atoms with Crippen LogP contribution in [0.25, 0.3) is 11.3 Å². The summed E-state index contributed by atoms with van der Waals surface area (Å²) in [5, 5.41) is 13.3. The van der Waals surface area contributed by atoms with E-state index >= 15 is 0 Å². The first-order chi connectivity index (χ1) is 10.3. The lowest BCUT2D eigenvalue weighted by Gasteiger charge is -2.06. The maximum Gasteiger partial charge on any atom is 0.278 e. The Kier molecular flexibility index (Phi) is 3.79. The molecule has 2 aromatic carbocycles. The number of rotatable bonds is 3. The highest BCUT2D eigenvalue weighted by atomic mass is 79.9. The van der Waals surface area contributed by atoms with Gasteiger partial charge in [0.2, 0.25) is 0 Å². The Morgan fingerprint density at radius 2 is 1.71 bits per heavy atom. The number of benzene rings is 2. The highest BCUT2D eigenvalue weighted by molar-refractivity contribution is 9.10. The number of halogens is 1. The molecular formula is C15H11BrN4O. The van der Waals surface area contributed by atoms with Crippen LogP contribution in [0.2, 0.25) is 0 Å². The first kappa shape index (κ1) is 13.5. The molecule has 3 rings (SSSR count). The summed E-state index contributed by atoms with van der Waals surface area (Å²) < 4.78 is 0.808. The molecule has 104 valence electrons. The fourth-order valence-corrected chi connectivity index (χ4v) is 2.31. The van der Waals surface area contributed by atoms with Gasteiger partial charge in [-0.2, -0.15) is 15.4 Å². The van der Waals surface area contributed by atoms with E-state index in [1.807, 2.05) is 54.6 Å². The third-order valence-corrected chi connectivity index (χ3v) is 3.62. The van der Waals surface area contributed by atoms with Crippen LogP contribution in [0.4, 0.5) is 5.69 Å². The van der Waals surface area contributed by atoms with Crippen molar-refractivity contribution in [1.29, 1.82) is 0 Å². The van der Waals surface area contributed by atoms with Crippen LogP contribution in [0.5, 0.6) is 0 Å². The number of aromatic nitrogens is 3. The highest BCUT2D eigenvalue weighted by Gasteiger charge is 2.18. The molecule has 1 amide bonds. The minimum Gasteiger partial charge on any atom is -0.319 e. The van der Waals surface area contributed by atoms with Crippen LogP contribution in [-0.4, -0.2) is 21.3 Å². The average molecular weight is 343 g/mol. The molecule has 3 aromatic rings. The van der Waals surface area contributed by atoms with E-state index in [0.29, 0.717) is 11.4 Å². The zero-order valence-corrected chi connectivity index (χ0v) is 12.5. The monoisotopic (exact) mass is 342 g/mol. The van der Waals surface area contributed by atoms with Crippen LogP contribution in [-0.2, 0) is 0 Å². The third-order valence-electron chi connectivity index (χ3n) is 2.93. The Balaban J connectivity index is 1.90. The fourth-order valence-electron chi connectivity index (χ4n) is 1.93. The third kappa shape index (κ3) is 2.85. The summed E-state index contributed by atoms with van der Waals surface area (Å²) in [7, 11) is 0. The van der Waals surface area contributed by atoms with Gasteiger partial charge in [-0.25, -0.2) is 0 Å². The second-order valence-corrected chi connectivity index (χ2v) is 5.18. The minimum atomic E-state index is -0.311. The van der Waals surface area contributed by atoms with E-state index in [1.165, 1.54) is 0 Å². The average Bonchev–Trinajstić information content (AvgIpc) is 3.00. The maximum absolute atomic E-state index is 12.4. The number of hydrogen-bond acceptors (Lipinski definition) is 3. The van der Waals surface area contributed by atoms with Gasteiger partial charge in [-0.05, 0) is 28.1 Å². The molecule has 0 bridgehead atoms.